The molecule has 190 valence electrons. The summed E-state index contributed by atoms with van der Waals surface area (Å²) >= 11 is 0. The van der Waals surface area contributed by atoms with E-state index in [1.807, 2.05) is 61.7 Å². The molecule has 0 aliphatic rings. The summed E-state index contributed by atoms with van der Waals surface area (Å²) in [5.74, 6) is -0.204. The molecular formula is C31H27N3O4. The Kier molecular flexibility index (Phi) is 7.02. The van der Waals surface area contributed by atoms with E-state index in [0.29, 0.717) is 12.1 Å². The van der Waals surface area contributed by atoms with Gasteiger partial charge in [0.2, 0.25) is 0 Å². The van der Waals surface area contributed by atoms with Crippen LogP contribution in [0.2, 0.25) is 0 Å². The van der Waals surface area contributed by atoms with Crippen molar-refractivity contribution in [3.8, 4) is 11.1 Å². The first kappa shape index (κ1) is 24.9. The normalized spacial score (nSPS) is 11.8. The van der Waals surface area contributed by atoms with Crippen LogP contribution in [0.5, 0.6) is 0 Å². The fourth-order valence-electron chi connectivity index (χ4n) is 4.65. The molecule has 1 atom stereocenters. The molecule has 0 saturated heterocycles. The summed E-state index contributed by atoms with van der Waals surface area (Å²) in [6.07, 6.45) is 2.01. The van der Waals surface area contributed by atoms with E-state index in [2.05, 4.69) is 34.1 Å². The first-order valence-corrected chi connectivity index (χ1v) is 12.3. The second kappa shape index (κ2) is 10.7. The Hall–Kier alpha value is -4.75. The lowest BCUT2D eigenvalue weighted by atomic mass is 9.99. The predicted octanol–water partition coefficient (Wildman–Crippen LogP) is 6.25. The number of amides is 1. The van der Waals surface area contributed by atoms with Gasteiger partial charge in [0, 0.05) is 41.3 Å². The number of nitrogens with zero attached hydrogens (tertiary/aromatic N) is 2. The maximum atomic E-state index is 12.9. The molecule has 1 aromatic heterocycles. The van der Waals surface area contributed by atoms with Crippen LogP contribution >= 0.6 is 0 Å². The van der Waals surface area contributed by atoms with Crippen LogP contribution in [0.4, 0.5) is 5.69 Å². The fraction of sp³-hybridized carbons (Fsp3) is 0.129. The number of hydrogen-bond acceptors (Lipinski definition) is 4. The number of benzene rings is 4. The molecular weight excluding hydrogens is 478 g/mol. The lowest BCUT2D eigenvalue weighted by Crippen LogP contribution is -2.26. The number of rotatable bonds is 8. The van der Waals surface area contributed by atoms with Crippen molar-refractivity contribution in [3.05, 3.63) is 136 Å². The van der Waals surface area contributed by atoms with Crippen molar-refractivity contribution in [2.45, 2.75) is 26.1 Å². The number of hydrogen-bond donors (Lipinski definition) is 2. The SMILES string of the molecule is CC(NC(=O)c1ccc2c(ccn2Cc2ccc(-c3ccccc3CO)cc2)c1)c1ccc([N+](=O)[O-])cc1. The lowest BCUT2D eigenvalue weighted by molar-refractivity contribution is -0.384. The van der Waals surface area contributed by atoms with Gasteiger partial charge in [0.15, 0.2) is 0 Å². The largest absolute Gasteiger partial charge is 0.392 e. The number of nitro benzene ring substituents is 1. The van der Waals surface area contributed by atoms with Gasteiger partial charge in [-0.1, -0.05) is 60.7 Å². The van der Waals surface area contributed by atoms with Crippen molar-refractivity contribution in [3.63, 3.8) is 0 Å². The van der Waals surface area contributed by atoms with Crippen LogP contribution in [-0.4, -0.2) is 20.5 Å². The molecule has 0 aliphatic heterocycles. The van der Waals surface area contributed by atoms with E-state index in [1.165, 1.54) is 12.1 Å². The summed E-state index contributed by atoms with van der Waals surface area (Å²) in [6, 6.07) is 29.7. The molecule has 0 saturated carbocycles. The molecule has 2 N–H and O–H groups in total. The molecule has 0 radical (unpaired) electrons. The molecule has 0 fully saturated rings. The number of nitro groups is 1. The van der Waals surface area contributed by atoms with E-state index in [0.717, 1.165) is 38.7 Å². The van der Waals surface area contributed by atoms with E-state index in [4.69, 9.17) is 0 Å². The Bertz CT molecular complexity index is 1610. The Morgan fingerprint density at radius 2 is 1.71 bits per heavy atom. The van der Waals surface area contributed by atoms with Gasteiger partial charge in [-0.05, 0) is 59.0 Å². The van der Waals surface area contributed by atoms with Crippen LogP contribution in [0.15, 0.2) is 103 Å². The second-order valence-electron chi connectivity index (χ2n) is 9.27. The third-order valence-electron chi connectivity index (χ3n) is 6.79. The first-order chi connectivity index (χ1) is 18.4. The van der Waals surface area contributed by atoms with Crippen LogP contribution < -0.4 is 5.32 Å². The quantitative estimate of drug-likeness (QED) is 0.192. The summed E-state index contributed by atoms with van der Waals surface area (Å²) in [4.78, 5) is 23.3. The monoisotopic (exact) mass is 505 g/mol. The van der Waals surface area contributed by atoms with Crippen LogP contribution in [0.1, 0.15) is 40.0 Å². The molecule has 1 amide bonds. The Labute approximate surface area is 220 Å². The van der Waals surface area contributed by atoms with Gasteiger partial charge in [-0.15, -0.1) is 0 Å². The first-order valence-electron chi connectivity index (χ1n) is 12.3. The molecule has 4 aromatic carbocycles. The summed E-state index contributed by atoms with van der Waals surface area (Å²) in [7, 11) is 0. The minimum absolute atomic E-state index is 0.00322. The van der Waals surface area contributed by atoms with Crippen molar-refractivity contribution < 1.29 is 14.8 Å². The standard InChI is InChI=1S/C31H27N3O4/c1-21(23-10-13-28(14-11-23)34(37)38)32-31(36)26-12-15-30-25(18-26)16-17-33(30)19-22-6-8-24(9-7-22)29-5-3-2-4-27(29)20-35/h2-18,21,35H,19-20H2,1H3,(H,32,36). The van der Waals surface area contributed by atoms with Crippen molar-refractivity contribution in [1.82, 2.24) is 9.88 Å². The van der Waals surface area contributed by atoms with Crippen LogP contribution in [-0.2, 0) is 13.2 Å². The predicted molar refractivity (Wildman–Crippen MR) is 148 cm³/mol. The molecule has 5 rings (SSSR count). The molecule has 0 bridgehead atoms. The van der Waals surface area contributed by atoms with E-state index in [1.54, 1.807) is 12.1 Å². The number of fused-ring (bicyclic) bond motifs is 1. The summed E-state index contributed by atoms with van der Waals surface area (Å²) in [5, 5.41) is 24.4. The van der Waals surface area contributed by atoms with Gasteiger partial charge in [0.25, 0.3) is 11.6 Å². The Morgan fingerprint density at radius 1 is 0.974 bits per heavy atom. The number of aliphatic hydroxyl groups is 1. The molecule has 0 spiro atoms. The average Bonchev–Trinajstić information content (AvgIpc) is 3.35. The third-order valence-corrected chi connectivity index (χ3v) is 6.79. The van der Waals surface area contributed by atoms with Crippen LogP contribution in [0, 0.1) is 10.1 Å². The number of nitrogens with one attached hydrogen (secondary N) is 1. The molecule has 7 nitrogen and oxygen atoms in total. The lowest BCUT2D eigenvalue weighted by Gasteiger charge is -2.14. The van der Waals surface area contributed by atoms with Gasteiger partial charge >= 0.3 is 0 Å². The van der Waals surface area contributed by atoms with Crippen molar-refractivity contribution in [2.24, 2.45) is 0 Å². The smallest absolute Gasteiger partial charge is 0.269 e. The number of carbonyl (C=O) groups is 1. The zero-order chi connectivity index (χ0) is 26.6. The number of aromatic nitrogens is 1. The highest BCUT2D eigenvalue weighted by Crippen LogP contribution is 2.25. The van der Waals surface area contributed by atoms with E-state index in [9.17, 15) is 20.0 Å². The Balaban J connectivity index is 1.28. The van der Waals surface area contributed by atoms with Crippen molar-refractivity contribution >= 4 is 22.5 Å². The second-order valence-corrected chi connectivity index (χ2v) is 9.27. The number of aliphatic hydroxyl groups excluding tert-OH is 1. The van der Waals surface area contributed by atoms with E-state index in [-0.39, 0.29) is 24.2 Å². The topological polar surface area (TPSA) is 97.4 Å². The van der Waals surface area contributed by atoms with Gasteiger partial charge in [-0.2, -0.15) is 0 Å². The van der Waals surface area contributed by atoms with Crippen molar-refractivity contribution in [2.75, 3.05) is 0 Å². The average molecular weight is 506 g/mol. The Morgan fingerprint density at radius 3 is 2.42 bits per heavy atom. The molecule has 1 unspecified atom stereocenters. The minimum Gasteiger partial charge on any atom is -0.392 e. The van der Waals surface area contributed by atoms with Gasteiger partial charge in [-0.3, -0.25) is 14.9 Å². The summed E-state index contributed by atoms with van der Waals surface area (Å²) < 4.78 is 2.15. The van der Waals surface area contributed by atoms with Crippen molar-refractivity contribution in [1.29, 1.82) is 0 Å². The molecule has 1 heterocycles. The zero-order valence-corrected chi connectivity index (χ0v) is 20.9. The third kappa shape index (κ3) is 5.19. The maximum absolute atomic E-state index is 12.9. The van der Waals surface area contributed by atoms with Gasteiger partial charge in [0.05, 0.1) is 17.6 Å². The van der Waals surface area contributed by atoms with Crippen LogP contribution in [0.3, 0.4) is 0 Å². The molecule has 7 heteroatoms. The van der Waals surface area contributed by atoms with Gasteiger partial charge in [-0.25, -0.2) is 0 Å². The fourth-order valence-corrected chi connectivity index (χ4v) is 4.65. The highest BCUT2D eigenvalue weighted by Gasteiger charge is 2.14. The van der Waals surface area contributed by atoms with Gasteiger partial charge in [0.1, 0.15) is 0 Å². The number of non-ortho nitro benzene ring substituents is 1. The molecule has 38 heavy (non-hydrogen) atoms. The highest BCUT2D eigenvalue weighted by atomic mass is 16.6. The highest BCUT2D eigenvalue weighted by molar-refractivity contribution is 5.98. The zero-order valence-electron chi connectivity index (χ0n) is 20.9. The summed E-state index contributed by atoms with van der Waals surface area (Å²) in [5.41, 5.74) is 6.53. The molecule has 0 aliphatic carbocycles. The number of carbonyl (C=O) groups excluding carboxylic acids is 1. The van der Waals surface area contributed by atoms with E-state index >= 15 is 0 Å². The van der Waals surface area contributed by atoms with Crippen LogP contribution in [0.25, 0.3) is 22.0 Å². The summed E-state index contributed by atoms with van der Waals surface area (Å²) in [6.45, 7) is 2.54. The molecule has 5 aromatic rings. The van der Waals surface area contributed by atoms with Gasteiger partial charge < -0.3 is 15.0 Å². The van der Waals surface area contributed by atoms with E-state index < -0.39 is 4.92 Å². The maximum Gasteiger partial charge on any atom is 0.269 e. The minimum atomic E-state index is -0.443.